The van der Waals surface area contributed by atoms with Crippen LogP contribution in [0, 0.1) is 0 Å². The fraction of sp³-hybridized carbons (Fsp3) is 0.417. The number of aliphatic hydroxyl groups is 1. The summed E-state index contributed by atoms with van der Waals surface area (Å²) in [7, 11) is -3.94. The van der Waals surface area contributed by atoms with E-state index in [1.807, 2.05) is 0 Å². The molecule has 0 saturated heterocycles. The molecule has 8 heteroatoms. The summed E-state index contributed by atoms with van der Waals surface area (Å²) in [5.41, 5.74) is -0.162. The molecule has 3 N–H and O–H groups in total. The van der Waals surface area contributed by atoms with Gasteiger partial charge < -0.3 is 10.2 Å². The van der Waals surface area contributed by atoms with E-state index in [4.69, 9.17) is 21.8 Å². The number of aromatic carboxylic acids is 1. The fourth-order valence-corrected chi connectivity index (χ4v) is 3.51. The van der Waals surface area contributed by atoms with Crippen LogP contribution in [0.2, 0.25) is 5.02 Å². The van der Waals surface area contributed by atoms with E-state index in [9.17, 15) is 13.2 Å². The highest BCUT2D eigenvalue weighted by Crippen LogP contribution is 2.23. The molecular weight excluding hydrogens is 306 g/mol. The number of carboxylic acid groups (broad SMARTS) is 1. The zero-order valence-electron chi connectivity index (χ0n) is 10.8. The van der Waals surface area contributed by atoms with Gasteiger partial charge in [-0.1, -0.05) is 18.5 Å². The Hall–Kier alpha value is -1.15. The van der Waals surface area contributed by atoms with E-state index < -0.39 is 22.0 Å². The van der Waals surface area contributed by atoms with Gasteiger partial charge in [-0.3, -0.25) is 0 Å². The highest BCUT2D eigenvalue weighted by atomic mass is 35.5. The summed E-state index contributed by atoms with van der Waals surface area (Å²) in [6, 6.07) is 3.04. The minimum absolute atomic E-state index is 0.0543. The monoisotopic (exact) mass is 321 g/mol. The number of rotatable bonds is 7. The number of hydrogen-bond acceptors (Lipinski definition) is 4. The SMILES string of the molecule is CCC(CCO)NS(=O)(=O)c1cc(C(=O)O)ccc1Cl. The van der Waals surface area contributed by atoms with E-state index in [-0.39, 0.29) is 28.5 Å². The third-order valence-electron chi connectivity index (χ3n) is 2.76. The van der Waals surface area contributed by atoms with Gasteiger partial charge in [-0.2, -0.15) is 0 Å². The van der Waals surface area contributed by atoms with Crippen LogP contribution < -0.4 is 4.72 Å². The Morgan fingerprint density at radius 3 is 2.60 bits per heavy atom. The van der Waals surface area contributed by atoms with E-state index in [2.05, 4.69) is 4.72 Å². The van der Waals surface area contributed by atoms with Crippen LogP contribution in [-0.4, -0.2) is 37.2 Å². The van der Waals surface area contributed by atoms with Gasteiger partial charge in [0, 0.05) is 12.6 Å². The average molecular weight is 322 g/mol. The molecule has 1 unspecified atom stereocenters. The van der Waals surface area contributed by atoms with E-state index in [1.165, 1.54) is 12.1 Å². The standard InChI is InChI=1S/C12H16ClNO5S/c1-2-9(5-6-15)14-20(18,19)11-7-8(12(16)17)3-4-10(11)13/h3-4,7,9,14-15H,2,5-6H2,1H3,(H,16,17). The summed E-state index contributed by atoms with van der Waals surface area (Å²) in [4.78, 5) is 10.6. The molecule has 0 aliphatic rings. The van der Waals surface area contributed by atoms with Crippen molar-refractivity contribution in [1.82, 2.24) is 4.72 Å². The van der Waals surface area contributed by atoms with Gasteiger partial charge in [0.05, 0.1) is 10.6 Å². The second-order valence-electron chi connectivity index (χ2n) is 4.19. The Bertz CT molecular complexity index is 588. The number of carbonyl (C=O) groups is 1. The number of sulfonamides is 1. The number of aliphatic hydroxyl groups excluding tert-OH is 1. The molecule has 0 aliphatic heterocycles. The summed E-state index contributed by atoms with van der Waals surface area (Å²) < 4.78 is 26.8. The molecule has 0 heterocycles. The van der Waals surface area contributed by atoms with Gasteiger partial charge >= 0.3 is 5.97 Å². The molecule has 0 saturated carbocycles. The average Bonchev–Trinajstić information content (AvgIpc) is 2.37. The van der Waals surface area contributed by atoms with Crippen molar-refractivity contribution in [3.63, 3.8) is 0 Å². The van der Waals surface area contributed by atoms with Crippen LogP contribution in [0.15, 0.2) is 23.1 Å². The van der Waals surface area contributed by atoms with Gasteiger partial charge in [0.2, 0.25) is 10.0 Å². The highest BCUT2D eigenvalue weighted by Gasteiger charge is 2.22. The van der Waals surface area contributed by atoms with Crippen molar-refractivity contribution in [3.8, 4) is 0 Å². The maximum absolute atomic E-state index is 12.2. The molecule has 1 aromatic carbocycles. The van der Waals surface area contributed by atoms with E-state index in [1.54, 1.807) is 6.92 Å². The number of nitrogens with one attached hydrogen (secondary N) is 1. The molecule has 1 aromatic rings. The van der Waals surface area contributed by atoms with Crippen molar-refractivity contribution in [3.05, 3.63) is 28.8 Å². The second-order valence-corrected chi connectivity index (χ2v) is 6.28. The predicted molar refractivity (Wildman–Crippen MR) is 74.5 cm³/mol. The molecule has 0 fully saturated rings. The highest BCUT2D eigenvalue weighted by molar-refractivity contribution is 7.89. The summed E-state index contributed by atoms with van der Waals surface area (Å²) >= 11 is 5.83. The Balaban J connectivity index is 3.14. The lowest BCUT2D eigenvalue weighted by atomic mass is 10.2. The Kier molecular flexibility index (Phi) is 5.94. The summed E-state index contributed by atoms with van der Waals surface area (Å²) in [6.45, 7) is 1.63. The Labute approximate surface area is 122 Å². The lowest BCUT2D eigenvalue weighted by Gasteiger charge is -2.16. The molecule has 20 heavy (non-hydrogen) atoms. The molecule has 0 amide bonds. The van der Waals surface area contributed by atoms with Crippen molar-refractivity contribution in [2.75, 3.05) is 6.61 Å². The minimum Gasteiger partial charge on any atom is -0.478 e. The first-order chi connectivity index (χ1) is 9.31. The van der Waals surface area contributed by atoms with Gasteiger partial charge in [0.25, 0.3) is 0 Å². The van der Waals surface area contributed by atoms with Gasteiger partial charge in [0.1, 0.15) is 4.90 Å². The summed E-state index contributed by atoms with van der Waals surface area (Å²) in [5, 5.41) is 17.7. The largest absolute Gasteiger partial charge is 0.478 e. The van der Waals surface area contributed by atoms with E-state index in [0.29, 0.717) is 6.42 Å². The second kappa shape index (κ2) is 7.03. The first-order valence-corrected chi connectivity index (χ1v) is 7.84. The normalized spacial score (nSPS) is 13.2. The predicted octanol–water partition coefficient (Wildman–Crippen LogP) is 1.48. The van der Waals surface area contributed by atoms with Crippen LogP contribution in [0.4, 0.5) is 0 Å². The molecule has 1 atom stereocenters. The number of carboxylic acids is 1. The van der Waals surface area contributed by atoms with Gasteiger partial charge in [-0.25, -0.2) is 17.9 Å². The van der Waals surface area contributed by atoms with Gasteiger partial charge in [-0.05, 0) is 31.0 Å². The van der Waals surface area contributed by atoms with Crippen molar-refractivity contribution in [2.24, 2.45) is 0 Å². The third kappa shape index (κ3) is 4.17. The molecule has 0 aliphatic carbocycles. The lowest BCUT2D eigenvalue weighted by Crippen LogP contribution is -2.35. The number of halogens is 1. The summed E-state index contributed by atoms with van der Waals surface area (Å²) in [5.74, 6) is -1.24. The Morgan fingerprint density at radius 1 is 1.45 bits per heavy atom. The van der Waals surface area contributed by atoms with Gasteiger partial charge in [0.15, 0.2) is 0 Å². The van der Waals surface area contributed by atoms with Crippen LogP contribution in [0.5, 0.6) is 0 Å². The van der Waals surface area contributed by atoms with Crippen LogP contribution >= 0.6 is 11.6 Å². The zero-order chi connectivity index (χ0) is 15.3. The summed E-state index contributed by atoms with van der Waals surface area (Å²) in [6.07, 6.45) is 0.766. The first-order valence-electron chi connectivity index (χ1n) is 5.97. The smallest absolute Gasteiger partial charge is 0.335 e. The molecule has 0 radical (unpaired) electrons. The van der Waals surface area contributed by atoms with Crippen LogP contribution in [0.3, 0.4) is 0 Å². The molecule has 112 valence electrons. The zero-order valence-corrected chi connectivity index (χ0v) is 12.4. The van der Waals surface area contributed by atoms with Gasteiger partial charge in [-0.15, -0.1) is 0 Å². The number of benzene rings is 1. The molecule has 0 aromatic heterocycles. The third-order valence-corrected chi connectivity index (χ3v) is 4.76. The van der Waals surface area contributed by atoms with E-state index >= 15 is 0 Å². The Morgan fingerprint density at radius 2 is 2.10 bits per heavy atom. The minimum atomic E-state index is -3.94. The van der Waals surface area contributed by atoms with Crippen molar-refractivity contribution < 1.29 is 23.4 Å². The topological polar surface area (TPSA) is 104 Å². The van der Waals surface area contributed by atoms with Crippen LogP contribution in [0.1, 0.15) is 30.1 Å². The number of hydrogen-bond donors (Lipinski definition) is 3. The van der Waals surface area contributed by atoms with Crippen molar-refractivity contribution in [1.29, 1.82) is 0 Å². The quantitative estimate of drug-likeness (QED) is 0.705. The molecule has 6 nitrogen and oxygen atoms in total. The van der Waals surface area contributed by atoms with Crippen molar-refractivity contribution >= 4 is 27.6 Å². The first kappa shape index (κ1) is 16.9. The molecular formula is C12H16ClNO5S. The van der Waals surface area contributed by atoms with Crippen LogP contribution in [0.25, 0.3) is 0 Å². The van der Waals surface area contributed by atoms with Crippen LogP contribution in [-0.2, 0) is 10.0 Å². The molecule has 1 rings (SSSR count). The fourth-order valence-electron chi connectivity index (χ4n) is 1.63. The maximum atomic E-state index is 12.2. The maximum Gasteiger partial charge on any atom is 0.335 e. The molecule has 0 spiro atoms. The molecule has 0 bridgehead atoms. The lowest BCUT2D eigenvalue weighted by molar-refractivity contribution is 0.0696. The van der Waals surface area contributed by atoms with E-state index in [0.717, 1.165) is 6.07 Å². The van der Waals surface area contributed by atoms with Crippen molar-refractivity contribution in [2.45, 2.75) is 30.7 Å².